The van der Waals surface area contributed by atoms with E-state index in [2.05, 4.69) is 20.5 Å². The van der Waals surface area contributed by atoms with Crippen LogP contribution in [0, 0.1) is 0 Å². The van der Waals surface area contributed by atoms with Gasteiger partial charge in [-0.15, -0.1) is 5.10 Å². The van der Waals surface area contributed by atoms with E-state index in [-0.39, 0.29) is 12.3 Å². The first kappa shape index (κ1) is 16.0. The van der Waals surface area contributed by atoms with Gasteiger partial charge in [0.25, 0.3) is 0 Å². The number of carbonyl (C=O) groups is 1. The third-order valence-corrected chi connectivity index (χ3v) is 4.16. The number of hydrogen-bond donors (Lipinski definition) is 0. The predicted octanol–water partition coefficient (Wildman–Crippen LogP) is 2.21. The van der Waals surface area contributed by atoms with Gasteiger partial charge in [-0.3, -0.25) is 9.78 Å². The molecule has 3 aromatic rings. The van der Waals surface area contributed by atoms with Crippen molar-refractivity contribution in [2.45, 2.75) is 32.2 Å². The van der Waals surface area contributed by atoms with Crippen LogP contribution in [0.2, 0.25) is 0 Å². The molecule has 0 aliphatic heterocycles. The molecule has 0 bridgehead atoms. The van der Waals surface area contributed by atoms with Crippen molar-refractivity contribution >= 4 is 5.78 Å². The maximum absolute atomic E-state index is 12.8. The lowest BCUT2D eigenvalue weighted by Gasteiger charge is -2.23. The van der Waals surface area contributed by atoms with Crippen LogP contribution in [0.25, 0.3) is 0 Å². The lowest BCUT2D eigenvalue weighted by Crippen LogP contribution is -2.33. The van der Waals surface area contributed by atoms with Crippen LogP contribution in [-0.4, -0.2) is 31.0 Å². The second-order valence-electron chi connectivity index (χ2n) is 6.16. The van der Waals surface area contributed by atoms with E-state index in [1.54, 1.807) is 10.9 Å². The number of tetrazole rings is 1. The summed E-state index contributed by atoms with van der Waals surface area (Å²) < 4.78 is 1.56. The van der Waals surface area contributed by atoms with Gasteiger partial charge in [0, 0.05) is 11.9 Å². The Hall–Kier alpha value is -2.89. The van der Waals surface area contributed by atoms with Crippen LogP contribution in [0.5, 0.6) is 0 Å². The van der Waals surface area contributed by atoms with E-state index in [0.717, 1.165) is 11.3 Å². The first-order chi connectivity index (χ1) is 11.6. The first-order valence-electron chi connectivity index (χ1n) is 7.81. The summed E-state index contributed by atoms with van der Waals surface area (Å²) in [5, 5.41) is 11.7. The molecule has 0 saturated carbocycles. The van der Waals surface area contributed by atoms with Gasteiger partial charge in [0.05, 0.1) is 11.8 Å². The standard InChI is InChI=1S/C18H19N5O/c1-18(2,14-8-4-3-5-9-14)16(24)13-23-17(20-21-22-23)12-15-10-6-7-11-19-15/h3-11H,12-13H2,1-2H3. The number of Topliss-reactive ketones (excluding diaryl/α,β-unsaturated/α-hetero) is 1. The fraction of sp³-hybridized carbons (Fsp3) is 0.278. The molecule has 2 heterocycles. The first-order valence-corrected chi connectivity index (χ1v) is 7.81. The molecule has 24 heavy (non-hydrogen) atoms. The van der Waals surface area contributed by atoms with Crippen molar-refractivity contribution in [1.82, 2.24) is 25.2 Å². The molecule has 1 aromatic carbocycles. The molecule has 0 N–H and O–H groups in total. The molecule has 0 unspecified atom stereocenters. The van der Waals surface area contributed by atoms with Gasteiger partial charge >= 0.3 is 0 Å². The van der Waals surface area contributed by atoms with E-state index < -0.39 is 5.41 Å². The summed E-state index contributed by atoms with van der Waals surface area (Å²) in [7, 11) is 0. The van der Waals surface area contributed by atoms with Crippen molar-refractivity contribution in [2.75, 3.05) is 0 Å². The Kier molecular flexibility index (Phi) is 4.46. The molecule has 0 aliphatic rings. The zero-order chi connectivity index (χ0) is 17.0. The van der Waals surface area contributed by atoms with Gasteiger partial charge in [0.2, 0.25) is 0 Å². The zero-order valence-corrected chi connectivity index (χ0v) is 13.8. The fourth-order valence-corrected chi connectivity index (χ4v) is 2.49. The average molecular weight is 321 g/mol. The predicted molar refractivity (Wildman–Crippen MR) is 89.3 cm³/mol. The molecular formula is C18H19N5O. The number of hydrogen-bond acceptors (Lipinski definition) is 5. The normalized spacial score (nSPS) is 11.4. The molecular weight excluding hydrogens is 302 g/mol. The topological polar surface area (TPSA) is 73.6 Å². The van der Waals surface area contributed by atoms with Crippen LogP contribution in [0.15, 0.2) is 54.7 Å². The molecule has 0 amide bonds. The molecule has 0 radical (unpaired) electrons. The SMILES string of the molecule is CC(C)(C(=O)Cn1nnnc1Cc1ccccn1)c1ccccc1. The summed E-state index contributed by atoms with van der Waals surface area (Å²) in [6.07, 6.45) is 2.22. The Balaban J connectivity index is 1.77. The smallest absolute Gasteiger partial charge is 0.164 e. The number of rotatable bonds is 6. The highest BCUT2D eigenvalue weighted by Gasteiger charge is 2.30. The van der Waals surface area contributed by atoms with E-state index in [0.29, 0.717) is 12.2 Å². The minimum absolute atomic E-state index is 0.0586. The second kappa shape index (κ2) is 6.70. The minimum Gasteiger partial charge on any atom is -0.297 e. The summed E-state index contributed by atoms with van der Waals surface area (Å²) in [6, 6.07) is 15.4. The summed E-state index contributed by atoms with van der Waals surface area (Å²) in [6.45, 7) is 3.98. The van der Waals surface area contributed by atoms with Crippen LogP contribution in [0.4, 0.5) is 0 Å². The molecule has 0 aliphatic carbocycles. The molecule has 2 aromatic heterocycles. The third-order valence-electron chi connectivity index (χ3n) is 4.16. The highest BCUT2D eigenvalue weighted by molar-refractivity contribution is 5.89. The van der Waals surface area contributed by atoms with Crippen molar-refractivity contribution < 1.29 is 4.79 Å². The fourth-order valence-electron chi connectivity index (χ4n) is 2.49. The second-order valence-corrected chi connectivity index (χ2v) is 6.16. The monoisotopic (exact) mass is 321 g/mol. The van der Waals surface area contributed by atoms with Crippen LogP contribution < -0.4 is 0 Å². The Morgan fingerprint density at radius 3 is 2.54 bits per heavy atom. The largest absolute Gasteiger partial charge is 0.297 e. The quantitative estimate of drug-likeness (QED) is 0.696. The van der Waals surface area contributed by atoms with Crippen LogP contribution >= 0.6 is 0 Å². The average Bonchev–Trinajstić information content (AvgIpc) is 3.03. The highest BCUT2D eigenvalue weighted by Crippen LogP contribution is 2.24. The number of benzene rings is 1. The lowest BCUT2D eigenvalue weighted by atomic mass is 9.80. The van der Waals surface area contributed by atoms with Gasteiger partial charge in [-0.1, -0.05) is 36.4 Å². The molecule has 0 saturated heterocycles. The van der Waals surface area contributed by atoms with E-state index in [9.17, 15) is 4.79 Å². The van der Waals surface area contributed by atoms with Crippen LogP contribution in [0.3, 0.4) is 0 Å². The number of ketones is 1. The van der Waals surface area contributed by atoms with E-state index >= 15 is 0 Å². The number of carbonyl (C=O) groups excluding carboxylic acids is 1. The summed E-state index contributed by atoms with van der Waals surface area (Å²) >= 11 is 0. The number of nitrogens with zero attached hydrogens (tertiary/aromatic N) is 5. The molecule has 0 atom stereocenters. The van der Waals surface area contributed by atoms with Crippen molar-refractivity contribution in [3.8, 4) is 0 Å². The Morgan fingerprint density at radius 2 is 1.83 bits per heavy atom. The molecule has 6 nitrogen and oxygen atoms in total. The Labute approximate surface area is 140 Å². The van der Waals surface area contributed by atoms with Crippen molar-refractivity contribution in [1.29, 1.82) is 0 Å². The molecule has 122 valence electrons. The van der Waals surface area contributed by atoms with E-state index in [4.69, 9.17) is 0 Å². The lowest BCUT2D eigenvalue weighted by molar-refractivity contribution is -0.124. The third kappa shape index (κ3) is 3.37. The van der Waals surface area contributed by atoms with E-state index in [1.165, 1.54) is 0 Å². The Morgan fingerprint density at radius 1 is 1.08 bits per heavy atom. The van der Waals surface area contributed by atoms with Crippen molar-refractivity contribution in [3.05, 3.63) is 71.8 Å². The van der Waals surface area contributed by atoms with Crippen molar-refractivity contribution in [3.63, 3.8) is 0 Å². The van der Waals surface area contributed by atoms with Crippen LogP contribution in [0.1, 0.15) is 30.9 Å². The Bertz CT molecular complexity index is 812. The van der Waals surface area contributed by atoms with E-state index in [1.807, 2.05) is 62.4 Å². The summed E-state index contributed by atoms with van der Waals surface area (Å²) in [5.74, 6) is 0.689. The molecule has 0 spiro atoms. The van der Waals surface area contributed by atoms with Gasteiger partial charge in [0.1, 0.15) is 6.54 Å². The van der Waals surface area contributed by atoms with Gasteiger partial charge < -0.3 is 0 Å². The maximum Gasteiger partial charge on any atom is 0.164 e. The van der Waals surface area contributed by atoms with Crippen LogP contribution in [-0.2, 0) is 23.2 Å². The summed E-state index contributed by atoms with van der Waals surface area (Å²) in [4.78, 5) is 17.1. The van der Waals surface area contributed by atoms with Gasteiger partial charge in [-0.25, -0.2) is 4.68 Å². The minimum atomic E-state index is -0.602. The van der Waals surface area contributed by atoms with Gasteiger partial charge in [-0.05, 0) is 42.0 Å². The highest BCUT2D eigenvalue weighted by atomic mass is 16.1. The zero-order valence-electron chi connectivity index (χ0n) is 13.8. The van der Waals surface area contributed by atoms with Gasteiger partial charge in [0.15, 0.2) is 11.6 Å². The number of aromatic nitrogens is 5. The van der Waals surface area contributed by atoms with Gasteiger partial charge in [-0.2, -0.15) is 0 Å². The maximum atomic E-state index is 12.8. The molecule has 3 rings (SSSR count). The van der Waals surface area contributed by atoms with Crippen molar-refractivity contribution in [2.24, 2.45) is 0 Å². The summed E-state index contributed by atoms with van der Waals surface area (Å²) in [5.41, 5.74) is 1.24. The molecule has 6 heteroatoms. The number of pyridine rings is 1. The molecule has 0 fully saturated rings.